The fraction of sp³-hybridized carbons (Fsp3) is 0.417. The molecule has 1 aliphatic heterocycles. The third-order valence-corrected chi connectivity index (χ3v) is 3.40. The van der Waals surface area contributed by atoms with E-state index in [4.69, 9.17) is 10.00 Å². The highest BCUT2D eigenvalue weighted by atomic mass is 79.9. The Kier molecular flexibility index (Phi) is 4.00. The maximum Gasteiger partial charge on any atom is 0.101 e. The maximum atomic E-state index is 9.05. The number of methoxy groups -OCH3 is 1. The van der Waals surface area contributed by atoms with Gasteiger partial charge in [-0.25, -0.2) is 0 Å². The first-order chi connectivity index (χ1) is 8.24. The molecule has 1 aromatic rings. The summed E-state index contributed by atoms with van der Waals surface area (Å²) in [5.41, 5.74) is 1.49. The molecule has 1 aromatic carbocycles. The minimum atomic E-state index is 0.139. The van der Waals surface area contributed by atoms with Crippen molar-refractivity contribution in [2.45, 2.75) is 12.1 Å². The molecule has 0 spiro atoms. The Bertz CT molecular complexity index is 444. The summed E-state index contributed by atoms with van der Waals surface area (Å²) in [5, 5.41) is 15.7. The lowest BCUT2D eigenvalue weighted by Gasteiger charge is -2.20. The van der Waals surface area contributed by atoms with E-state index in [-0.39, 0.29) is 12.1 Å². The number of nitrogens with one attached hydrogen (secondary N) is 2. The van der Waals surface area contributed by atoms with Crippen molar-refractivity contribution in [2.75, 3.05) is 25.5 Å². The van der Waals surface area contributed by atoms with Crippen molar-refractivity contribution in [3.8, 4) is 6.07 Å². The number of benzene rings is 1. The van der Waals surface area contributed by atoms with Gasteiger partial charge in [-0.1, -0.05) is 15.9 Å². The Hall–Kier alpha value is -1.09. The highest BCUT2D eigenvalue weighted by molar-refractivity contribution is 9.10. The molecule has 4 nitrogen and oxygen atoms in total. The van der Waals surface area contributed by atoms with Gasteiger partial charge in [0.25, 0.3) is 0 Å². The monoisotopic (exact) mass is 295 g/mol. The van der Waals surface area contributed by atoms with Crippen molar-refractivity contribution >= 4 is 21.6 Å². The number of anilines is 1. The van der Waals surface area contributed by atoms with Crippen LogP contribution in [0, 0.1) is 11.3 Å². The molecule has 0 bridgehead atoms. The molecule has 5 heteroatoms. The fourth-order valence-electron chi connectivity index (χ4n) is 1.98. The van der Waals surface area contributed by atoms with Crippen LogP contribution in [0.4, 0.5) is 5.69 Å². The maximum absolute atomic E-state index is 9.05. The molecule has 1 aliphatic rings. The Balaban J connectivity index is 2.18. The standard InChI is InChI=1S/C12H14BrN3O/c1-17-12-7-15-6-11(12)16-10-4-9(13)3-2-8(10)5-14/h2-4,11-12,15-16H,6-7H2,1H3/t11?,12-/m0/s1. The molecule has 17 heavy (non-hydrogen) atoms. The van der Waals surface area contributed by atoms with Crippen LogP contribution in [0.5, 0.6) is 0 Å². The molecule has 1 fully saturated rings. The molecular formula is C12H14BrN3O. The molecule has 0 radical (unpaired) electrons. The van der Waals surface area contributed by atoms with E-state index in [0.717, 1.165) is 23.2 Å². The molecule has 90 valence electrons. The summed E-state index contributed by atoms with van der Waals surface area (Å²) in [5.74, 6) is 0. The second kappa shape index (κ2) is 5.50. The average molecular weight is 296 g/mol. The lowest BCUT2D eigenvalue weighted by molar-refractivity contribution is 0.111. The van der Waals surface area contributed by atoms with Crippen LogP contribution in [-0.2, 0) is 4.74 Å². The molecule has 0 amide bonds. The summed E-state index contributed by atoms with van der Waals surface area (Å²) in [6, 6.07) is 7.97. The second-order valence-corrected chi connectivity index (χ2v) is 4.90. The van der Waals surface area contributed by atoms with Crippen molar-refractivity contribution < 1.29 is 4.74 Å². The van der Waals surface area contributed by atoms with Gasteiger partial charge in [0.05, 0.1) is 23.4 Å². The zero-order chi connectivity index (χ0) is 12.3. The van der Waals surface area contributed by atoms with Gasteiger partial charge in [-0.3, -0.25) is 0 Å². The smallest absolute Gasteiger partial charge is 0.101 e. The number of hydrogen-bond acceptors (Lipinski definition) is 4. The minimum absolute atomic E-state index is 0.139. The van der Waals surface area contributed by atoms with Crippen molar-refractivity contribution in [1.82, 2.24) is 5.32 Å². The van der Waals surface area contributed by atoms with E-state index >= 15 is 0 Å². The largest absolute Gasteiger partial charge is 0.378 e. The quantitative estimate of drug-likeness (QED) is 0.891. The SMILES string of the molecule is CO[C@H]1CNCC1Nc1cc(Br)ccc1C#N. The lowest BCUT2D eigenvalue weighted by Crippen LogP contribution is -2.33. The molecule has 2 N–H and O–H groups in total. The van der Waals surface area contributed by atoms with Gasteiger partial charge < -0.3 is 15.4 Å². The predicted molar refractivity (Wildman–Crippen MR) is 69.9 cm³/mol. The Morgan fingerprint density at radius 2 is 2.35 bits per heavy atom. The molecule has 0 aromatic heterocycles. The summed E-state index contributed by atoms with van der Waals surface area (Å²) in [7, 11) is 1.71. The summed E-state index contributed by atoms with van der Waals surface area (Å²) in [4.78, 5) is 0. The van der Waals surface area contributed by atoms with E-state index in [1.807, 2.05) is 12.1 Å². The van der Waals surface area contributed by atoms with Crippen molar-refractivity contribution in [2.24, 2.45) is 0 Å². The van der Waals surface area contributed by atoms with E-state index in [1.54, 1.807) is 13.2 Å². The number of ether oxygens (including phenoxy) is 1. The number of hydrogen-bond donors (Lipinski definition) is 2. The number of halogens is 1. The van der Waals surface area contributed by atoms with E-state index in [9.17, 15) is 0 Å². The minimum Gasteiger partial charge on any atom is -0.378 e. The van der Waals surface area contributed by atoms with Crippen LogP contribution in [-0.4, -0.2) is 32.3 Å². The first-order valence-electron chi connectivity index (χ1n) is 5.44. The molecule has 1 unspecified atom stereocenters. The van der Waals surface area contributed by atoms with E-state index < -0.39 is 0 Å². The first kappa shape index (κ1) is 12.4. The Labute approximate surface area is 109 Å². The summed E-state index contributed by atoms with van der Waals surface area (Å²) < 4.78 is 6.34. The Morgan fingerprint density at radius 3 is 3.06 bits per heavy atom. The zero-order valence-electron chi connectivity index (χ0n) is 9.53. The first-order valence-corrected chi connectivity index (χ1v) is 6.23. The van der Waals surface area contributed by atoms with Crippen LogP contribution in [0.15, 0.2) is 22.7 Å². The third-order valence-electron chi connectivity index (χ3n) is 2.90. The van der Waals surface area contributed by atoms with Gasteiger partial charge in [-0.05, 0) is 18.2 Å². The lowest BCUT2D eigenvalue weighted by atomic mass is 10.1. The third kappa shape index (κ3) is 2.78. The van der Waals surface area contributed by atoms with Crippen LogP contribution in [0.25, 0.3) is 0 Å². The number of nitriles is 1. The van der Waals surface area contributed by atoms with Crippen LogP contribution < -0.4 is 10.6 Å². The van der Waals surface area contributed by atoms with Gasteiger partial charge in [0.2, 0.25) is 0 Å². The highest BCUT2D eigenvalue weighted by Gasteiger charge is 2.27. The average Bonchev–Trinajstić information content (AvgIpc) is 2.77. The van der Waals surface area contributed by atoms with Crippen molar-refractivity contribution in [1.29, 1.82) is 5.26 Å². The normalized spacial score (nSPS) is 23.4. The molecular weight excluding hydrogens is 282 g/mol. The Morgan fingerprint density at radius 1 is 1.53 bits per heavy atom. The van der Waals surface area contributed by atoms with Gasteiger partial charge in [-0.2, -0.15) is 5.26 Å². The highest BCUT2D eigenvalue weighted by Crippen LogP contribution is 2.23. The summed E-state index contributed by atoms with van der Waals surface area (Å²) >= 11 is 3.41. The van der Waals surface area contributed by atoms with Crippen molar-refractivity contribution in [3.63, 3.8) is 0 Å². The summed E-state index contributed by atoms with van der Waals surface area (Å²) in [6.45, 7) is 1.68. The van der Waals surface area contributed by atoms with Crippen LogP contribution >= 0.6 is 15.9 Å². The topological polar surface area (TPSA) is 57.1 Å². The second-order valence-electron chi connectivity index (χ2n) is 3.98. The van der Waals surface area contributed by atoms with Gasteiger partial charge in [-0.15, -0.1) is 0 Å². The van der Waals surface area contributed by atoms with Gasteiger partial charge in [0.15, 0.2) is 0 Å². The summed E-state index contributed by atoms with van der Waals surface area (Å²) in [6.07, 6.45) is 0.139. The van der Waals surface area contributed by atoms with Crippen LogP contribution in [0.1, 0.15) is 5.56 Å². The predicted octanol–water partition coefficient (Wildman–Crippen LogP) is 1.72. The molecule has 2 atom stereocenters. The van der Waals surface area contributed by atoms with Gasteiger partial charge in [0, 0.05) is 24.7 Å². The molecule has 2 rings (SSSR count). The van der Waals surface area contributed by atoms with Gasteiger partial charge in [0.1, 0.15) is 6.07 Å². The van der Waals surface area contributed by atoms with Gasteiger partial charge >= 0.3 is 0 Å². The van der Waals surface area contributed by atoms with E-state index in [1.165, 1.54) is 0 Å². The fourth-order valence-corrected chi connectivity index (χ4v) is 2.34. The molecule has 1 heterocycles. The van der Waals surface area contributed by atoms with Crippen LogP contribution in [0.3, 0.4) is 0 Å². The van der Waals surface area contributed by atoms with E-state index in [2.05, 4.69) is 32.6 Å². The molecule has 1 saturated heterocycles. The number of nitrogens with zero attached hydrogens (tertiary/aromatic N) is 1. The van der Waals surface area contributed by atoms with Crippen LogP contribution in [0.2, 0.25) is 0 Å². The number of rotatable bonds is 3. The molecule has 0 aliphatic carbocycles. The zero-order valence-corrected chi connectivity index (χ0v) is 11.1. The molecule has 0 saturated carbocycles. The van der Waals surface area contributed by atoms with Crippen molar-refractivity contribution in [3.05, 3.63) is 28.2 Å². The van der Waals surface area contributed by atoms with E-state index in [0.29, 0.717) is 5.56 Å².